The molecule has 0 saturated heterocycles. The van der Waals surface area contributed by atoms with E-state index in [9.17, 15) is 4.79 Å². The fourth-order valence-corrected chi connectivity index (χ4v) is 2.95. The summed E-state index contributed by atoms with van der Waals surface area (Å²) in [5.74, 6) is 0.600. The lowest BCUT2D eigenvalue weighted by atomic mass is 10.1. The number of hydrogen-bond donors (Lipinski definition) is 1. The number of hydrogen-bond acceptors (Lipinski definition) is 3. The van der Waals surface area contributed by atoms with Gasteiger partial charge in [-0.2, -0.15) is 0 Å². The second kappa shape index (κ2) is 8.02. The molecule has 1 atom stereocenters. The standard InChI is InChI=1S/C22H24N2O2/c1-16(22(25)23-20-10-6-7-11-21(20)26-3)24(2)15-17-12-13-18-8-4-5-9-19(18)14-17/h4-14,16H,15H2,1-3H3,(H,23,25)/t16-/m1/s1. The van der Waals surface area contributed by atoms with Gasteiger partial charge in [0.05, 0.1) is 18.8 Å². The van der Waals surface area contributed by atoms with Gasteiger partial charge in [-0.3, -0.25) is 9.69 Å². The molecule has 0 aromatic heterocycles. The third kappa shape index (κ3) is 4.03. The summed E-state index contributed by atoms with van der Waals surface area (Å²) in [7, 11) is 3.56. The molecule has 0 fully saturated rings. The predicted molar refractivity (Wildman–Crippen MR) is 107 cm³/mol. The number of carbonyl (C=O) groups is 1. The first-order valence-electron chi connectivity index (χ1n) is 8.70. The molecule has 0 radical (unpaired) electrons. The van der Waals surface area contributed by atoms with Gasteiger partial charge >= 0.3 is 0 Å². The molecule has 0 unspecified atom stereocenters. The van der Waals surface area contributed by atoms with Crippen LogP contribution in [0.3, 0.4) is 0 Å². The summed E-state index contributed by atoms with van der Waals surface area (Å²) in [4.78, 5) is 14.7. The Morgan fingerprint density at radius 3 is 2.50 bits per heavy atom. The number of anilines is 1. The van der Waals surface area contributed by atoms with E-state index in [0.717, 1.165) is 0 Å². The van der Waals surface area contributed by atoms with E-state index >= 15 is 0 Å². The fourth-order valence-electron chi connectivity index (χ4n) is 2.95. The molecule has 134 valence electrons. The van der Waals surface area contributed by atoms with Gasteiger partial charge in [-0.1, -0.05) is 48.5 Å². The van der Waals surface area contributed by atoms with Gasteiger partial charge in [-0.25, -0.2) is 0 Å². The van der Waals surface area contributed by atoms with Gasteiger partial charge in [0.25, 0.3) is 0 Å². The number of nitrogens with zero attached hydrogens (tertiary/aromatic N) is 1. The van der Waals surface area contributed by atoms with Crippen molar-refractivity contribution in [3.63, 3.8) is 0 Å². The Morgan fingerprint density at radius 1 is 1.04 bits per heavy atom. The molecule has 3 rings (SSSR count). The molecule has 3 aromatic rings. The minimum Gasteiger partial charge on any atom is -0.495 e. The number of para-hydroxylation sites is 2. The monoisotopic (exact) mass is 348 g/mol. The molecule has 4 nitrogen and oxygen atoms in total. The number of nitrogens with one attached hydrogen (secondary N) is 1. The molecule has 0 aliphatic rings. The van der Waals surface area contributed by atoms with Crippen LogP contribution >= 0.6 is 0 Å². The lowest BCUT2D eigenvalue weighted by molar-refractivity contribution is -0.120. The molecule has 0 bridgehead atoms. The van der Waals surface area contributed by atoms with Crippen molar-refractivity contribution in [1.82, 2.24) is 4.90 Å². The molecule has 1 N–H and O–H groups in total. The summed E-state index contributed by atoms with van der Waals surface area (Å²) in [6, 6.07) is 21.9. The van der Waals surface area contributed by atoms with Gasteiger partial charge < -0.3 is 10.1 Å². The smallest absolute Gasteiger partial charge is 0.241 e. The quantitative estimate of drug-likeness (QED) is 0.722. The first-order chi connectivity index (χ1) is 12.6. The molecule has 1 amide bonds. The van der Waals surface area contributed by atoms with E-state index < -0.39 is 0 Å². The zero-order chi connectivity index (χ0) is 18.5. The highest BCUT2D eigenvalue weighted by Gasteiger charge is 2.19. The first kappa shape index (κ1) is 18.0. The van der Waals surface area contributed by atoms with E-state index in [1.54, 1.807) is 7.11 Å². The van der Waals surface area contributed by atoms with E-state index in [0.29, 0.717) is 18.0 Å². The van der Waals surface area contributed by atoms with Crippen molar-refractivity contribution in [2.24, 2.45) is 0 Å². The summed E-state index contributed by atoms with van der Waals surface area (Å²) >= 11 is 0. The van der Waals surface area contributed by atoms with Crippen molar-refractivity contribution in [3.8, 4) is 5.75 Å². The maximum absolute atomic E-state index is 12.6. The van der Waals surface area contributed by atoms with Crippen molar-refractivity contribution in [2.45, 2.75) is 19.5 Å². The first-order valence-corrected chi connectivity index (χ1v) is 8.70. The van der Waals surface area contributed by atoms with Crippen LogP contribution in [0.2, 0.25) is 0 Å². The Labute approximate surface area is 154 Å². The van der Waals surface area contributed by atoms with Crippen molar-refractivity contribution in [3.05, 3.63) is 72.3 Å². The van der Waals surface area contributed by atoms with Crippen LogP contribution < -0.4 is 10.1 Å². The third-order valence-electron chi connectivity index (χ3n) is 4.65. The number of methoxy groups -OCH3 is 1. The molecule has 3 aromatic carbocycles. The zero-order valence-corrected chi connectivity index (χ0v) is 15.4. The molecular formula is C22H24N2O2. The van der Waals surface area contributed by atoms with Gasteiger partial charge in [0.1, 0.15) is 5.75 Å². The topological polar surface area (TPSA) is 41.6 Å². The average molecular weight is 348 g/mol. The molecule has 0 aliphatic heterocycles. The highest BCUT2D eigenvalue weighted by molar-refractivity contribution is 5.95. The Hall–Kier alpha value is -2.85. The van der Waals surface area contributed by atoms with Gasteiger partial charge in [-0.15, -0.1) is 0 Å². The number of ether oxygens (including phenoxy) is 1. The molecule has 0 spiro atoms. The van der Waals surface area contributed by atoms with Crippen molar-refractivity contribution >= 4 is 22.4 Å². The lowest BCUT2D eigenvalue weighted by Crippen LogP contribution is -2.39. The van der Waals surface area contributed by atoms with Crippen LogP contribution in [-0.2, 0) is 11.3 Å². The van der Waals surface area contributed by atoms with Crippen LogP contribution in [0.4, 0.5) is 5.69 Å². The van der Waals surface area contributed by atoms with Crippen LogP contribution in [-0.4, -0.2) is 31.0 Å². The van der Waals surface area contributed by atoms with E-state index in [1.807, 2.05) is 55.3 Å². The molecule has 4 heteroatoms. The third-order valence-corrected chi connectivity index (χ3v) is 4.65. The van der Waals surface area contributed by atoms with Crippen LogP contribution in [0.15, 0.2) is 66.7 Å². The average Bonchev–Trinajstić information content (AvgIpc) is 2.67. The number of rotatable bonds is 6. The van der Waals surface area contributed by atoms with Crippen LogP contribution in [0.1, 0.15) is 12.5 Å². The maximum atomic E-state index is 12.6. The number of likely N-dealkylation sites (N-methyl/N-ethyl adjacent to an activating group) is 1. The summed E-state index contributed by atoms with van der Waals surface area (Å²) in [5, 5.41) is 5.39. The van der Waals surface area contributed by atoms with Crippen molar-refractivity contribution in [1.29, 1.82) is 0 Å². The van der Waals surface area contributed by atoms with E-state index in [4.69, 9.17) is 4.74 Å². The predicted octanol–water partition coefficient (Wildman–Crippen LogP) is 4.31. The Kier molecular flexibility index (Phi) is 5.54. The number of benzene rings is 3. The van der Waals surface area contributed by atoms with Gasteiger partial charge in [0.2, 0.25) is 5.91 Å². The Morgan fingerprint density at radius 2 is 1.73 bits per heavy atom. The summed E-state index contributed by atoms with van der Waals surface area (Å²) in [6.45, 7) is 2.61. The SMILES string of the molecule is COc1ccccc1NC(=O)[C@@H](C)N(C)Cc1ccc2ccccc2c1. The zero-order valence-electron chi connectivity index (χ0n) is 15.4. The summed E-state index contributed by atoms with van der Waals surface area (Å²) < 4.78 is 5.29. The number of carbonyl (C=O) groups excluding carboxylic acids is 1. The normalized spacial score (nSPS) is 12.2. The van der Waals surface area contributed by atoms with Gasteiger partial charge in [0, 0.05) is 6.54 Å². The second-order valence-electron chi connectivity index (χ2n) is 6.46. The van der Waals surface area contributed by atoms with Crippen LogP contribution in [0, 0.1) is 0 Å². The maximum Gasteiger partial charge on any atom is 0.241 e. The minimum atomic E-state index is -0.272. The second-order valence-corrected chi connectivity index (χ2v) is 6.46. The molecule has 0 saturated carbocycles. The number of amides is 1. The molecular weight excluding hydrogens is 324 g/mol. The van der Waals surface area contributed by atoms with Crippen molar-refractivity contribution in [2.75, 3.05) is 19.5 Å². The van der Waals surface area contributed by atoms with Crippen LogP contribution in [0.25, 0.3) is 10.8 Å². The molecule has 26 heavy (non-hydrogen) atoms. The van der Waals surface area contributed by atoms with Crippen LogP contribution in [0.5, 0.6) is 5.75 Å². The van der Waals surface area contributed by atoms with Gasteiger partial charge in [0.15, 0.2) is 0 Å². The fraction of sp³-hybridized carbons (Fsp3) is 0.227. The summed E-state index contributed by atoms with van der Waals surface area (Å²) in [5.41, 5.74) is 1.87. The summed E-state index contributed by atoms with van der Waals surface area (Å²) in [6.07, 6.45) is 0. The van der Waals surface area contributed by atoms with E-state index in [1.165, 1.54) is 16.3 Å². The molecule has 0 heterocycles. The van der Waals surface area contributed by atoms with E-state index in [-0.39, 0.29) is 11.9 Å². The van der Waals surface area contributed by atoms with Gasteiger partial charge in [-0.05, 0) is 48.5 Å². The number of fused-ring (bicyclic) bond motifs is 1. The highest BCUT2D eigenvalue weighted by atomic mass is 16.5. The largest absolute Gasteiger partial charge is 0.495 e. The van der Waals surface area contributed by atoms with Crippen molar-refractivity contribution < 1.29 is 9.53 Å². The molecule has 0 aliphatic carbocycles. The Balaban J connectivity index is 1.68. The van der Waals surface area contributed by atoms with E-state index in [2.05, 4.69) is 35.6 Å². The highest BCUT2D eigenvalue weighted by Crippen LogP contribution is 2.23. The minimum absolute atomic E-state index is 0.0576. The Bertz CT molecular complexity index is 907. The lowest BCUT2D eigenvalue weighted by Gasteiger charge is -2.24.